The fraction of sp³-hybridized carbons (Fsp3) is 0.714. The monoisotopic (exact) mass is 248 g/mol. The average Bonchev–Trinajstić information content (AvgIpc) is 2.31. The van der Waals surface area contributed by atoms with Gasteiger partial charge in [-0.1, -0.05) is 13.8 Å². The first kappa shape index (κ1) is 13.4. The van der Waals surface area contributed by atoms with Crippen molar-refractivity contribution in [2.75, 3.05) is 0 Å². The Balaban J connectivity index is 2.14. The Hall–Kier alpha value is -1.00. The maximum Gasteiger partial charge on any atom is 0.0772 e. The third-order valence-corrected chi connectivity index (χ3v) is 3.99. The van der Waals surface area contributed by atoms with Gasteiger partial charge in [0.05, 0.1) is 23.6 Å². The maximum atomic E-state index is 5.75. The number of hydrogen-bond donors (Lipinski definition) is 2. The lowest BCUT2D eigenvalue weighted by Crippen LogP contribution is -2.37. The zero-order chi connectivity index (χ0) is 13.1. The summed E-state index contributed by atoms with van der Waals surface area (Å²) in [6.07, 6.45) is 7.43. The van der Waals surface area contributed by atoms with Crippen molar-refractivity contribution in [2.45, 2.75) is 46.1 Å². The first-order valence-corrected chi connectivity index (χ1v) is 6.84. The quantitative estimate of drug-likeness (QED) is 0.636. The molecule has 100 valence electrons. The fourth-order valence-corrected chi connectivity index (χ4v) is 3.31. The SMILES string of the molecule is Cc1cnc(C(NN)C2CC(C)CC(C)C2)cn1. The van der Waals surface area contributed by atoms with E-state index in [0.29, 0.717) is 5.92 Å². The topological polar surface area (TPSA) is 63.8 Å². The van der Waals surface area contributed by atoms with E-state index in [1.54, 1.807) is 0 Å². The minimum absolute atomic E-state index is 0.128. The summed E-state index contributed by atoms with van der Waals surface area (Å²) in [5.74, 6) is 7.85. The molecule has 4 heteroatoms. The van der Waals surface area contributed by atoms with Gasteiger partial charge in [0.15, 0.2) is 0 Å². The zero-order valence-corrected chi connectivity index (χ0v) is 11.6. The standard InChI is InChI=1S/C14H24N4/c1-9-4-10(2)6-12(5-9)14(18-15)13-8-16-11(3)7-17-13/h7-10,12,14,18H,4-6,15H2,1-3H3. The third kappa shape index (κ3) is 3.06. The molecule has 1 aromatic heterocycles. The van der Waals surface area contributed by atoms with Gasteiger partial charge >= 0.3 is 0 Å². The van der Waals surface area contributed by atoms with Crippen LogP contribution in [0.5, 0.6) is 0 Å². The Morgan fingerprint density at radius 2 is 1.83 bits per heavy atom. The molecule has 0 bridgehead atoms. The first-order chi connectivity index (χ1) is 8.60. The van der Waals surface area contributed by atoms with Crippen molar-refractivity contribution < 1.29 is 0 Å². The smallest absolute Gasteiger partial charge is 0.0772 e. The molecule has 1 aromatic rings. The lowest BCUT2D eigenvalue weighted by atomic mass is 9.73. The van der Waals surface area contributed by atoms with Crippen molar-refractivity contribution in [3.63, 3.8) is 0 Å². The van der Waals surface area contributed by atoms with E-state index in [4.69, 9.17) is 5.84 Å². The Labute approximate surface area is 109 Å². The number of aryl methyl sites for hydroxylation is 1. The highest BCUT2D eigenvalue weighted by Crippen LogP contribution is 2.38. The number of hydrazine groups is 1. The summed E-state index contributed by atoms with van der Waals surface area (Å²) in [6, 6.07) is 0.128. The van der Waals surface area contributed by atoms with Crippen molar-refractivity contribution in [3.8, 4) is 0 Å². The van der Waals surface area contributed by atoms with Crippen LogP contribution in [0.1, 0.15) is 50.5 Å². The molecule has 0 spiro atoms. The van der Waals surface area contributed by atoms with E-state index in [1.807, 2.05) is 19.3 Å². The highest BCUT2D eigenvalue weighted by Gasteiger charge is 2.31. The molecule has 1 heterocycles. The number of nitrogens with one attached hydrogen (secondary N) is 1. The number of aromatic nitrogens is 2. The predicted molar refractivity (Wildman–Crippen MR) is 72.5 cm³/mol. The van der Waals surface area contributed by atoms with Crippen LogP contribution in [-0.4, -0.2) is 9.97 Å². The van der Waals surface area contributed by atoms with E-state index in [2.05, 4.69) is 29.2 Å². The molecule has 3 N–H and O–H groups in total. The fourth-order valence-electron chi connectivity index (χ4n) is 3.31. The van der Waals surface area contributed by atoms with Crippen LogP contribution in [-0.2, 0) is 0 Å². The summed E-state index contributed by atoms with van der Waals surface area (Å²) in [6.45, 7) is 6.61. The highest BCUT2D eigenvalue weighted by atomic mass is 15.2. The van der Waals surface area contributed by atoms with Crippen molar-refractivity contribution in [1.82, 2.24) is 15.4 Å². The van der Waals surface area contributed by atoms with E-state index in [9.17, 15) is 0 Å². The molecule has 0 amide bonds. The summed E-state index contributed by atoms with van der Waals surface area (Å²) >= 11 is 0. The van der Waals surface area contributed by atoms with Gasteiger partial charge in [0.25, 0.3) is 0 Å². The van der Waals surface area contributed by atoms with Crippen LogP contribution in [0.3, 0.4) is 0 Å². The summed E-state index contributed by atoms with van der Waals surface area (Å²) < 4.78 is 0. The molecule has 1 aliphatic rings. The van der Waals surface area contributed by atoms with Gasteiger partial charge < -0.3 is 0 Å². The molecule has 0 aromatic carbocycles. The lowest BCUT2D eigenvalue weighted by molar-refractivity contribution is 0.175. The van der Waals surface area contributed by atoms with Crippen LogP contribution in [0.4, 0.5) is 0 Å². The minimum Gasteiger partial charge on any atom is -0.271 e. The molecule has 4 nitrogen and oxygen atoms in total. The Morgan fingerprint density at radius 1 is 1.17 bits per heavy atom. The van der Waals surface area contributed by atoms with E-state index in [1.165, 1.54) is 19.3 Å². The van der Waals surface area contributed by atoms with Crippen LogP contribution >= 0.6 is 0 Å². The molecule has 1 saturated carbocycles. The number of hydrogen-bond acceptors (Lipinski definition) is 4. The second-order valence-corrected chi connectivity index (χ2v) is 5.90. The maximum absolute atomic E-state index is 5.75. The van der Waals surface area contributed by atoms with Crippen molar-refractivity contribution in [2.24, 2.45) is 23.6 Å². The normalized spacial score (nSPS) is 30.1. The van der Waals surface area contributed by atoms with Crippen LogP contribution < -0.4 is 11.3 Å². The Kier molecular flexibility index (Phi) is 4.30. The molecule has 0 radical (unpaired) electrons. The molecular formula is C14H24N4. The van der Waals surface area contributed by atoms with Gasteiger partial charge in [-0.15, -0.1) is 0 Å². The summed E-state index contributed by atoms with van der Waals surface area (Å²) in [7, 11) is 0. The Bertz CT molecular complexity index is 366. The number of nitrogens with two attached hydrogens (primary N) is 1. The number of nitrogens with zero attached hydrogens (tertiary/aromatic N) is 2. The van der Waals surface area contributed by atoms with E-state index in [-0.39, 0.29) is 6.04 Å². The first-order valence-electron chi connectivity index (χ1n) is 6.84. The van der Waals surface area contributed by atoms with E-state index in [0.717, 1.165) is 23.2 Å². The van der Waals surface area contributed by atoms with Gasteiger partial charge in [0, 0.05) is 6.20 Å². The molecule has 0 saturated heterocycles. The van der Waals surface area contributed by atoms with Gasteiger partial charge in [-0.2, -0.15) is 0 Å². The summed E-state index contributed by atoms with van der Waals surface area (Å²) in [5, 5.41) is 0. The lowest BCUT2D eigenvalue weighted by Gasteiger charge is -2.35. The van der Waals surface area contributed by atoms with E-state index < -0.39 is 0 Å². The van der Waals surface area contributed by atoms with Gasteiger partial charge in [-0.25, -0.2) is 0 Å². The van der Waals surface area contributed by atoms with Crippen molar-refractivity contribution >= 4 is 0 Å². The summed E-state index contributed by atoms with van der Waals surface area (Å²) in [4.78, 5) is 8.79. The van der Waals surface area contributed by atoms with Gasteiger partial charge in [-0.05, 0) is 43.9 Å². The molecule has 1 aliphatic carbocycles. The zero-order valence-electron chi connectivity index (χ0n) is 11.6. The molecule has 2 rings (SSSR count). The third-order valence-electron chi connectivity index (χ3n) is 3.99. The summed E-state index contributed by atoms with van der Waals surface area (Å²) in [5.41, 5.74) is 4.86. The minimum atomic E-state index is 0.128. The highest BCUT2D eigenvalue weighted by molar-refractivity contribution is 5.07. The van der Waals surface area contributed by atoms with Crippen molar-refractivity contribution in [1.29, 1.82) is 0 Å². The predicted octanol–water partition coefficient (Wildman–Crippen LogP) is 2.36. The molecule has 18 heavy (non-hydrogen) atoms. The molecule has 1 fully saturated rings. The average molecular weight is 248 g/mol. The van der Waals surface area contributed by atoms with Gasteiger partial charge in [-0.3, -0.25) is 21.2 Å². The van der Waals surface area contributed by atoms with Gasteiger partial charge in [0.1, 0.15) is 0 Å². The van der Waals surface area contributed by atoms with Crippen molar-refractivity contribution in [3.05, 3.63) is 23.8 Å². The second-order valence-electron chi connectivity index (χ2n) is 5.90. The molecule has 0 aliphatic heterocycles. The van der Waals surface area contributed by atoms with Crippen LogP contribution in [0.15, 0.2) is 12.4 Å². The van der Waals surface area contributed by atoms with Gasteiger partial charge in [0.2, 0.25) is 0 Å². The van der Waals surface area contributed by atoms with Crippen LogP contribution in [0, 0.1) is 24.7 Å². The molecular weight excluding hydrogens is 224 g/mol. The molecule has 3 atom stereocenters. The Morgan fingerprint density at radius 3 is 2.33 bits per heavy atom. The largest absolute Gasteiger partial charge is 0.271 e. The number of rotatable bonds is 3. The second kappa shape index (κ2) is 5.76. The van der Waals surface area contributed by atoms with Crippen LogP contribution in [0.2, 0.25) is 0 Å². The van der Waals surface area contributed by atoms with E-state index >= 15 is 0 Å². The van der Waals surface area contributed by atoms with Crippen LogP contribution in [0.25, 0.3) is 0 Å². The molecule has 3 unspecified atom stereocenters.